The molecule has 4 nitrogen and oxygen atoms in total. The fourth-order valence-electron chi connectivity index (χ4n) is 3.28. The maximum Gasteiger partial charge on any atom is 0.168 e. The van der Waals surface area contributed by atoms with Gasteiger partial charge in [-0.25, -0.2) is 4.98 Å². The van der Waals surface area contributed by atoms with Crippen molar-refractivity contribution in [3.63, 3.8) is 0 Å². The van der Waals surface area contributed by atoms with Crippen LogP contribution in [0.25, 0.3) is 22.6 Å². The fourth-order valence-corrected chi connectivity index (χ4v) is 3.28. The molecule has 0 spiro atoms. The van der Waals surface area contributed by atoms with Crippen LogP contribution in [0.1, 0.15) is 57.5 Å². The number of H-pyrrole nitrogens is 1. The van der Waals surface area contributed by atoms with Crippen LogP contribution in [0.5, 0.6) is 0 Å². The van der Waals surface area contributed by atoms with E-state index in [1.807, 2.05) is 46.0 Å². The molecule has 138 valence electrons. The molecule has 2 aromatic heterocycles. The Bertz CT molecular complexity index is 962. The first kappa shape index (κ1) is 18.4. The molecule has 0 atom stereocenters. The van der Waals surface area contributed by atoms with Crippen molar-refractivity contribution in [3.8, 4) is 11.5 Å². The van der Waals surface area contributed by atoms with Gasteiger partial charge in [0, 0.05) is 24.2 Å². The standard InChI is InChI=1S/C22H29N3O/c1-21(2,3)12-14-10-18(25(7)13-14)20-23-16-9-8-15(11-17(16)24-20)19(26)22(4,5)6/h8-11,13H,12H2,1-7H3,(H,23,24). The molecule has 0 aliphatic heterocycles. The summed E-state index contributed by atoms with van der Waals surface area (Å²) in [6, 6.07) is 7.91. The highest BCUT2D eigenvalue weighted by Crippen LogP contribution is 2.28. The number of carbonyl (C=O) groups is 1. The zero-order valence-electron chi connectivity index (χ0n) is 16.9. The lowest BCUT2D eigenvalue weighted by atomic mass is 9.86. The zero-order chi connectivity index (χ0) is 19.3. The molecule has 1 N–H and O–H groups in total. The third kappa shape index (κ3) is 3.74. The van der Waals surface area contributed by atoms with Crippen molar-refractivity contribution in [1.29, 1.82) is 0 Å². The number of aromatic nitrogens is 3. The van der Waals surface area contributed by atoms with E-state index in [1.165, 1.54) is 5.56 Å². The molecule has 0 bridgehead atoms. The van der Waals surface area contributed by atoms with Crippen molar-refractivity contribution in [2.24, 2.45) is 17.9 Å². The van der Waals surface area contributed by atoms with Gasteiger partial charge in [0.05, 0.1) is 16.7 Å². The summed E-state index contributed by atoms with van der Waals surface area (Å²) in [5.74, 6) is 0.977. The number of fused-ring (bicyclic) bond motifs is 1. The number of nitrogens with zero attached hydrogens (tertiary/aromatic N) is 2. The van der Waals surface area contributed by atoms with Gasteiger partial charge in [-0.05, 0) is 41.7 Å². The molecule has 3 rings (SSSR count). The number of imidazole rings is 1. The van der Waals surface area contributed by atoms with Crippen LogP contribution in [0, 0.1) is 10.8 Å². The summed E-state index contributed by atoms with van der Waals surface area (Å²) in [5.41, 5.74) is 4.71. The Morgan fingerprint density at radius 3 is 2.42 bits per heavy atom. The lowest BCUT2D eigenvalue weighted by molar-refractivity contribution is 0.0858. The number of hydrogen-bond acceptors (Lipinski definition) is 2. The van der Waals surface area contributed by atoms with Crippen LogP contribution in [0.2, 0.25) is 0 Å². The summed E-state index contributed by atoms with van der Waals surface area (Å²) in [6.07, 6.45) is 3.19. The van der Waals surface area contributed by atoms with Crippen molar-refractivity contribution >= 4 is 16.8 Å². The van der Waals surface area contributed by atoms with Gasteiger partial charge in [0.15, 0.2) is 11.6 Å². The molecule has 0 aliphatic carbocycles. The molecule has 0 fully saturated rings. The number of aryl methyl sites for hydroxylation is 1. The van der Waals surface area contributed by atoms with Crippen LogP contribution < -0.4 is 0 Å². The summed E-state index contributed by atoms with van der Waals surface area (Å²) < 4.78 is 2.11. The molecule has 0 saturated heterocycles. The maximum atomic E-state index is 12.5. The minimum atomic E-state index is -0.392. The molecule has 0 amide bonds. The van der Waals surface area contributed by atoms with Crippen LogP contribution in [-0.4, -0.2) is 20.3 Å². The molecule has 2 heterocycles. The second kappa shape index (κ2) is 6.11. The van der Waals surface area contributed by atoms with Crippen LogP contribution in [0.3, 0.4) is 0 Å². The molecule has 1 aromatic carbocycles. The second-order valence-electron chi connectivity index (χ2n) is 9.48. The van der Waals surface area contributed by atoms with Gasteiger partial charge >= 0.3 is 0 Å². The molecule has 26 heavy (non-hydrogen) atoms. The highest BCUT2D eigenvalue weighted by Gasteiger charge is 2.23. The predicted molar refractivity (Wildman–Crippen MR) is 107 cm³/mol. The Morgan fingerprint density at radius 1 is 1.12 bits per heavy atom. The van der Waals surface area contributed by atoms with E-state index in [2.05, 4.69) is 42.6 Å². The van der Waals surface area contributed by atoms with Crippen molar-refractivity contribution in [2.75, 3.05) is 0 Å². The third-order valence-electron chi connectivity index (χ3n) is 4.46. The van der Waals surface area contributed by atoms with Crippen LogP contribution in [-0.2, 0) is 13.5 Å². The minimum absolute atomic E-state index is 0.141. The fraction of sp³-hybridized carbons (Fsp3) is 0.455. The molecule has 0 radical (unpaired) electrons. The Morgan fingerprint density at radius 2 is 1.81 bits per heavy atom. The van der Waals surface area contributed by atoms with E-state index in [-0.39, 0.29) is 11.2 Å². The molecular weight excluding hydrogens is 322 g/mol. The number of nitrogens with one attached hydrogen (secondary N) is 1. The average Bonchev–Trinajstić information content (AvgIpc) is 3.05. The van der Waals surface area contributed by atoms with Crippen LogP contribution >= 0.6 is 0 Å². The number of carbonyl (C=O) groups excluding carboxylic acids is 1. The van der Waals surface area contributed by atoms with Crippen molar-refractivity contribution < 1.29 is 4.79 Å². The number of ketones is 1. The molecule has 0 saturated carbocycles. The van der Waals surface area contributed by atoms with Gasteiger partial charge in [0.25, 0.3) is 0 Å². The van der Waals surface area contributed by atoms with E-state index >= 15 is 0 Å². The van der Waals surface area contributed by atoms with Gasteiger partial charge in [0.1, 0.15) is 0 Å². The number of benzene rings is 1. The Hall–Kier alpha value is -2.36. The maximum absolute atomic E-state index is 12.5. The molecule has 3 aromatic rings. The predicted octanol–water partition coefficient (Wildman–Crippen LogP) is 5.39. The number of rotatable bonds is 3. The van der Waals surface area contributed by atoms with Gasteiger partial charge in [-0.1, -0.05) is 41.5 Å². The molecule has 0 aliphatic rings. The topological polar surface area (TPSA) is 50.7 Å². The second-order valence-corrected chi connectivity index (χ2v) is 9.48. The summed E-state index contributed by atoms with van der Waals surface area (Å²) in [5, 5.41) is 0. The lowest BCUT2D eigenvalue weighted by Gasteiger charge is -2.16. The monoisotopic (exact) mass is 351 g/mol. The van der Waals surface area contributed by atoms with Crippen molar-refractivity contribution in [2.45, 2.75) is 48.0 Å². The normalized spacial score (nSPS) is 12.7. The minimum Gasteiger partial charge on any atom is -0.348 e. The Kier molecular flexibility index (Phi) is 4.33. The SMILES string of the molecule is Cn1cc(CC(C)(C)C)cc1-c1nc2ccc(C(=O)C(C)(C)C)cc2[nH]1. The average molecular weight is 351 g/mol. The molecule has 0 unspecified atom stereocenters. The first-order valence-corrected chi connectivity index (χ1v) is 9.14. The number of Topliss-reactive ketones (excluding diaryl/α,β-unsaturated/α-hetero) is 1. The summed E-state index contributed by atoms with van der Waals surface area (Å²) >= 11 is 0. The van der Waals surface area contributed by atoms with Crippen molar-refractivity contribution in [1.82, 2.24) is 14.5 Å². The Balaban J connectivity index is 1.99. The van der Waals surface area contributed by atoms with E-state index in [1.54, 1.807) is 0 Å². The largest absolute Gasteiger partial charge is 0.348 e. The van der Waals surface area contributed by atoms with Gasteiger partial charge in [-0.3, -0.25) is 4.79 Å². The van der Waals surface area contributed by atoms with E-state index in [4.69, 9.17) is 4.98 Å². The zero-order valence-corrected chi connectivity index (χ0v) is 16.9. The van der Waals surface area contributed by atoms with E-state index in [0.717, 1.165) is 34.5 Å². The first-order valence-electron chi connectivity index (χ1n) is 9.14. The molecule has 4 heteroatoms. The quantitative estimate of drug-likeness (QED) is 0.644. The highest BCUT2D eigenvalue weighted by atomic mass is 16.1. The summed E-state index contributed by atoms with van der Waals surface area (Å²) in [6.45, 7) is 12.6. The summed E-state index contributed by atoms with van der Waals surface area (Å²) in [7, 11) is 2.04. The smallest absolute Gasteiger partial charge is 0.168 e. The highest BCUT2D eigenvalue weighted by molar-refractivity contribution is 6.02. The van der Waals surface area contributed by atoms with Crippen LogP contribution in [0.15, 0.2) is 30.5 Å². The lowest BCUT2D eigenvalue weighted by Crippen LogP contribution is -2.19. The van der Waals surface area contributed by atoms with E-state index < -0.39 is 5.41 Å². The number of aromatic amines is 1. The van der Waals surface area contributed by atoms with Gasteiger partial charge in [0.2, 0.25) is 0 Å². The number of hydrogen-bond donors (Lipinski definition) is 1. The Labute approximate surface area is 155 Å². The van der Waals surface area contributed by atoms with Gasteiger partial charge in [-0.2, -0.15) is 0 Å². The van der Waals surface area contributed by atoms with Crippen LogP contribution in [0.4, 0.5) is 0 Å². The van der Waals surface area contributed by atoms with Crippen molar-refractivity contribution in [3.05, 3.63) is 41.6 Å². The molecular formula is C22H29N3O. The van der Waals surface area contributed by atoms with E-state index in [9.17, 15) is 4.79 Å². The third-order valence-corrected chi connectivity index (χ3v) is 4.46. The van der Waals surface area contributed by atoms with Gasteiger partial charge in [-0.15, -0.1) is 0 Å². The van der Waals surface area contributed by atoms with Gasteiger partial charge < -0.3 is 9.55 Å². The van der Waals surface area contributed by atoms with E-state index in [0.29, 0.717) is 0 Å². The summed E-state index contributed by atoms with van der Waals surface area (Å²) in [4.78, 5) is 20.7. The first-order chi connectivity index (χ1) is 11.9.